The van der Waals surface area contributed by atoms with Crippen LogP contribution in [0.25, 0.3) is 0 Å². The Kier molecular flexibility index (Phi) is 7.02. The Bertz CT molecular complexity index is 1040. The van der Waals surface area contributed by atoms with Gasteiger partial charge in [0.25, 0.3) is 0 Å². The number of rotatable bonds is 8. The van der Waals surface area contributed by atoms with E-state index >= 15 is 0 Å². The number of furan rings is 1. The second-order valence-electron chi connectivity index (χ2n) is 7.72. The summed E-state index contributed by atoms with van der Waals surface area (Å²) in [5, 5.41) is 3.29. The lowest BCUT2D eigenvalue weighted by Crippen LogP contribution is -2.40. The summed E-state index contributed by atoms with van der Waals surface area (Å²) in [4.78, 5) is 14.6. The van der Waals surface area contributed by atoms with E-state index in [1.54, 1.807) is 25.1 Å². The molecule has 0 spiro atoms. The number of esters is 1. The summed E-state index contributed by atoms with van der Waals surface area (Å²) >= 11 is 0. The summed E-state index contributed by atoms with van der Waals surface area (Å²) in [5.41, 5.74) is 1.99. The highest BCUT2D eigenvalue weighted by atomic mass is 32.2. The molecule has 4 rings (SSSR count). The largest absolute Gasteiger partial charge is 0.467 e. The van der Waals surface area contributed by atoms with Crippen LogP contribution in [0.4, 0.5) is 11.4 Å². The second kappa shape index (κ2) is 9.93. The number of sulfonamides is 1. The Morgan fingerprint density at radius 2 is 1.88 bits per heavy atom. The van der Waals surface area contributed by atoms with E-state index in [0.29, 0.717) is 43.3 Å². The highest BCUT2D eigenvalue weighted by molar-refractivity contribution is 7.89. The van der Waals surface area contributed by atoms with Crippen molar-refractivity contribution in [2.24, 2.45) is 0 Å². The summed E-state index contributed by atoms with van der Waals surface area (Å²) in [5.74, 6) is -0.00118. The minimum absolute atomic E-state index is 0.225. The molecule has 1 aromatic carbocycles. The number of nitrogens with one attached hydrogen (secondary N) is 1. The number of benzene rings is 1. The minimum atomic E-state index is -3.63. The van der Waals surface area contributed by atoms with Crippen LogP contribution in [0, 0.1) is 0 Å². The van der Waals surface area contributed by atoms with Crippen LogP contribution in [0.5, 0.6) is 0 Å². The van der Waals surface area contributed by atoms with Gasteiger partial charge in [0.2, 0.25) is 10.0 Å². The number of carbonyl (C=O) groups excluding carboxylic acids is 1. The molecule has 2 aliphatic rings. The lowest BCUT2D eigenvalue weighted by Gasteiger charge is -2.27. The SMILES string of the molecule is CCOC(=O)c1ccoc1CNc1cc(S(=O)(=O)N2CCOCC2)ccc1N1CCCC1. The van der Waals surface area contributed by atoms with Crippen molar-refractivity contribution in [1.82, 2.24) is 4.31 Å². The number of nitrogens with zero attached hydrogens (tertiary/aromatic N) is 2. The first-order chi connectivity index (χ1) is 15.5. The smallest absolute Gasteiger partial charge is 0.341 e. The predicted molar refractivity (Wildman–Crippen MR) is 119 cm³/mol. The van der Waals surface area contributed by atoms with E-state index in [1.807, 2.05) is 6.07 Å². The molecular weight excluding hydrogens is 434 g/mol. The Morgan fingerprint density at radius 3 is 2.59 bits per heavy atom. The van der Waals surface area contributed by atoms with Crippen molar-refractivity contribution in [1.29, 1.82) is 0 Å². The van der Waals surface area contributed by atoms with Gasteiger partial charge in [-0.2, -0.15) is 4.31 Å². The van der Waals surface area contributed by atoms with Crippen LogP contribution in [0.2, 0.25) is 0 Å². The predicted octanol–water partition coefficient (Wildman–Crippen LogP) is 2.69. The molecule has 0 radical (unpaired) electrons. The van der Waals surface area contributed by atoms with Gasteiger partial charge in [-0.15, -0.1) is 0 Å². The van der Waals surface area contributed by atoms with Crippen molar-refractivity contribution in [3.63, 3.8) is 0 Å². The van der Waals surface area contributed by atoms with Gasteiger partial charge in [-0.05, 0) is 44.0 Å². The molecule has 0 saturated carbocycles. The number of hydrogen-bond acceptors (Lipinski definition) is 8. The van der Waals surface area contributed by atoms with E-state index in [1.165, 1.54) is 10.6 Å². The van der Waals surface area contributed by atoms with Gasteiger partial charge in [0, 0.05) is 26.2 Å². The van der Waals surface area contributed by atoms with Crippen LogP contribution in [-0.2, 0) is 26.0 Å². The first-order valence-corrected chi connectivity index (χ1v) is 12.4. The molecule has 0 atom stereocenters. The van der Waals surface area contributed by atoms with Gasteiger partial charge in [0.1, 0.15) is 11.3 Å². The summed E-state index contributed by atoms with van der Waals surface area (Å²) in [6.45, 7) is 5.55. The molecule has 10 heteroatoms. The van der Waals surface area contributed by atoms with E-state index in [-0.39, 0.29) is 18.0 Å². The fourth-order valence-electron chi connectivity index (χ4n) is 4.03. The first-order valence-electron chi connectivity index (χ1n) is 10.9. The van der Waals surface area contributed by atoms with Crippen molar-refractivity contribution in [2.45, 2.75) is 31.2 Å². The van der Waals surface area contributed by atoms with Gasteiger partial charge in [-0.3, -0.25) is 0 Å². The quantitative estimate of drug-likeness (QED) is 0.597. The Morgan fingerprint density at radius 1 is 1.12 bits per heavy atom. The molecule has 0 amide bonds. The molecule has 1 N–H and O–H groups in total. The molecule has 3 heterocycles. The highest BCUT2D eigenvalue weighted by Crippen LogP contribution is 2.33. The summed E-state index contributed by atoms with van der Waals surface area (Å²) in [6.07, 6.45) is 3.64. The average Bonchev–Trinajstić information content (AvgIpc) is 3.50. The lowest BCUT2D eigenvalue weighted by molar-refractivity contribution is 0.0524. The first kappa shape index (κ1) is 22.6. The summed E-state index contributed by atoms with van der Waals surface area (Å²) in [7, 11) is -3.63. The van der Waals surface area contributed by atoms with Crippen molar-refractivity contribution in [3.05, 3.63) is 41.9 Å². The zero-order valence-electron chi connectivity index (χ0n) is 18.2. The number of hydrogen-bond donors (Lipinski definition) is 1. The van der Waals surface area contributed by atoms with Crippen molar-refractivity contribution in [3.8, 4) is 0 Å². The van der Waals surface area contributed by atoms with Gasteiger partial charge in [0.15, 0.2) is 0 Å². The van der Waals surface area contributed by atoms with Gasteiger partial charge in [-0.25, -0.2) is 13.2 Å². The van der Waals surface area contributed by atoms with Gasteiger partial charge < -0.3 is 24.1 Å². The molecule has 2 aromatic rings. The van der Waals surface area contributed by atoms with Crippen LogP contribution in [0.15, 0.2) is 39.8 Å². The van der Waals surface area contributed by atoms with Crippen molar-refractivity contribution in [2.75, 3.05) is 56.2 Å². The molecular formula is C22H29N3O6S. The van der Waals surface area contributed by atoms with E-state index in [2.05, 4.69) is 10.2 Å². The van der Waals surface area contributed by atoms with E-state index < -0.39 is 16.0 Å². The summed E-state index contributed by atoms with van der Waals surface area (Å²) in [6, 6.07) is 6.77. The van der Waals surface area contributed by atoms with Crippen LogP contribution in [-0.4, -0.2) is 64.7 Å². The molecule has 1 aromatic heterocycles. The Labute approximate surface area is 188 Å². The van der Waals surface area contributed by atoms with Crippen LogP contribution >= 0.6 is 0 Å². The Hall–Kier alpha value is -2.56. The van der Waals surface area contributed by atoms with E-state index in [9.17, 15) is 13.2 Å². The third kappa shape index (κ3) is 4.77. The maximum absolute atomic E-state index is 13.2. The monoisotopic (exact) mass is 463 g/mol. The zero-order valence-corrected chi connectivity index (χ0v) is 19.0. The number of morpholine rings is 1. The number of carbonyl (C=O) groups is 1. The van der Waals surface area contributed by atoms with Crippen molar-refractivity contribution >= 4 is 27.4 Å². The molecule has 2 saturated heterocycles. The lowest BCUT2D eigenvalue weighted by atomic mass is 10.2. The second-order valence-corrected chi connectivity index (χ2v) is 9.66. The third-order valence-electron chi connectivity index (χ3n) is 5.70. The zero-order chi connectivity index (χ0) is 22.6. The van der Waals surface area contributed by atoms with Crippen LogP contribution < -0.4 is 10.2 Å². The molecule has 0 bridgehead atoms. The van der Waals surface area contributed by atoms with Crippen LogP contribution in [0.1, 0.15) is 35.9 Å². The van der Waals surface area contributed by atoms with Gasteiger partial charge in [0.05, 0.1) is 48.9 Å². The standard InChI is InChI=1S/C22H29N3O6S/c1-2-30-22(26)18-7-12-31-21(18)16-23-19-15-17(5-6-20(19)24-8-3-4-9-24)32(27,28)25-10-13-29-14-11-25/h5-7,12,15,23H,2-4,8-11,13-14,16H2,1H3. The van der Waals surface area contributed by atoms with Crippen molar-refractivity contribution < 1.29 is 27.1 Å². The fraction of sp³-hybridized carbons (Fsp3) is 0.500. The molecule has 2 fully saturated rings. The topological polar surface area (TPSA) is 101 Å². The molecule has 0 unspecified atom stereocenters. The minimum Gasteiger partial charge on any atom is -0.467 e. The van der Waals surface area contributed by atoms with E-state index in [4.69, 9.17) is 13.9 Å². The molecule has 32 heavy (non-hydrogen) atoms. The van der Waals surface area contributed by atoms with E-state index in [0.717, 1.165) is 31.6 Å². The summed E-state index contributed by atoms with van der Waals surface area (Å²) < 4.78 is 43.7. The Balaban J connectivity index is 1.61. The maximum Gasteiger partial charge on any atom is 0.341 e. The number of anilines is 2. The molecule has 2 aliphatic heterocycles. The third-order valence-corrected chi connectivity index (χ3v) is 7.60. The fourth-order valence-corrected chi connectivity index (χ4v) is 5.47. The molecule has 0 aliphatic carbocycles. The average molecular weight is 464 g/mol. The molecule has 174 valence electrons. The van der Waals surface area contributed by atoms with Gasteiger partial charge in [-0.1, -0.05) is 0 Å². The number of ether oxygens (including phenoxy) is 2. The molecule has 9 nitrogen and oxygen atoms in total. The highest BCUT2D eigenvalue weighted by Gasteiger charge is 2.28. The van der Waals surface area contributed by atoms with Gasteiger partial charge >= 0.3 is 5.97 Å². The van der Waals surface area contributed by atoms with Crippen LogP contribution in [0.3, 0.4) is 0 Å². The maximum atomic E-state index is 13.2. The normalized spacial score (nSPS) is 17.5.